The maximum absolute atomic E-state index is 5.26. The van der Waals surface area contributed by atoms with Crippen molar-refractivity contribution in [2.24, 2.45) is 0 Å². The Labute approximate surface area is 231 Å². The van der Waals surface area contributed by atoms with Gasteiger partial charge in [-0.2, -0.15) is 0 Å². The molecule has 0 unspecified atom stereocenters. The van der Waals surface area contributed by atoms with E-state index in [4.69, 9.17) is 15.0 Å². The third-order valence-corrected chi connectivity index (χ3v) is 7.85. The van der Waals surface area contributed by atoms with Crippen molar-refractivity contribution in [1.82, 2.24) is 24.1 Å². The summed E-state index contributed by atoms with van der Waals surface area (Å²) >= 11 is 0. The van der Waals surface area contributed by atoms with Gasteiger partial charge in [0.25, 0.3) is 0 Å². The predicted octanol–water partition coefficient (Wildman–Crippen LogP) is 8.52. The van der Waals surface area contributed by atoms with Crippen LogP contribution in [0.3, 0.4) is 0 Å². The Kier molecular flexibility index (Phi) is 4.72. The third kappa shape index (κ3) is 3.18. The van der Waals surface area contributed by atoms with Crippen LogP contribution in [-0.2, 0) is 5.41 Å². The highest BCUT2D eigenvalue weighted by Gasteiger charge is 2.25. The van der Waals surface area contributed by atoms with Crippen LogP contribution in [-0.4, -0.2) is 24.1 Å². The molecule has 8 rings (SSSR count). The minimum Gasteiger partial charge on any atom is -0.306 e. The summed E-state index contributed by atoms with van der Waals surface area (Å²) in [6.07, 6.45) is 3.86. The van der Waals surface area contributed by atoms with Gasteiger partial charge in [0, 0.05) is 33.2 Å². The first kappa shape index (κ1) is 22.9. The number of aromatic nitrogens is 5. The first-order chi connectivity index (χ1) is 19.5. The van der Waals surface area contributed by atoms with E-state index >= 15 is 0 Å². The van der Waals surface area contributed by atoms with Crippen LogP contribution in [0.5, 0.6) is 0 Å². The molecule has 4 aromatic heterocycles. The lowest BCUT2D eigenvalue weighted by Crippen LogP contribution is -2.18. The largest absolute Gasteiger partial charge is 0.306 e. The highest BCUT2D eigenvalue weighted by molar-refractivity contribution is 6.12. The molecular weight excluding hydrogens is 490 g/mol. The first-order valence-electron chi connectivity index (χ1n) is 13.6. The van der Waals surface area contributed by atoms with Crippen LogP contribution in [0.2, 0.25) is 0 Å². The van der Waals surface area contributed by atoms with E-state index in [0.717, 1.165) is 50.3 Å². The summed E-state index contributed by atoms with van der Waals surface area (Å²) < 4.78 is 4.58. The number of pyridine rings is 1. The number of hydrogen-bond donors (Lipinski definition) is 0. The van der Waals surface area contributed by atoms with E-state index < -0.39 is 0 Å². The highest BCUT2D eigenvalue weighted by atomic mass is 15.1. The molecule has 0 fully saturated rings. The molecule has 4 heterocycles. The minimum atomic E-state index is -0.261. The fourth-order valence-corrected chi connectivity index (χ4v) is 6.02. The zero-order valence-electron chi connectivity index (χ0n) is 22.6. The maximum atomic E-state index is 5.26. The maximum Gasteiger partial charge on any atom is 0.150 e. The zero-order chi connectivity index (χ0) is 27.0. The van der Waals surface area contributed by atoms with Gasteiger partial charge in [0.2, 0.25) is 0 Å². The average Bonchev–Trinajstić information content (AvgIpc) is 3.49. The fraction of sp³-hybridized carbons (Fsp3) is 0.114. The van der Waals surface area contributed by atoms with E-state index in [0.29, 0.717) is 0 Å². The smallest absolute Gasteiger partial charge is 0.150 e. The van der Waals surface area contributed by atoms with E-state index in [-0.39, 0.29) is 5.41 Å². The first-order valence-corrected chi connectivity index (χ1v) is 13.6. The second-order valence-corrected chi connectivity index (χ2v) is 11.4. The molecule has 5 nitrogen and oxygen atoms in total. The molecule has 0 radical (unpaired) electrons. The average molecular weight is 518 g/mol. The lowest BCUT2D eigenvalue weighted by Gasteiger charge is -2.21. The van der Waals surface area contributed by atoms with E-state index in [1.807, 2.05) is 12.4 Å². The van der Waals surface area contributed by atoms with E-state index in [2.05, 4.69) is 127 Å². The summed E-state index contributed by atoms with van der Waals surface area (Å²) in [6.45, 7) is 6.52. The van der Waals surface area contributed by atoms with Gasteiger partial charge < -0.3 is 4.57 Å². The summed E-state index contributed by atoms with van der Waals surface area (Å²) in [5.41, 5.74) is 6.07. The van der Waals surface area contributed by atoms with Gasteiger partial charge in [0.15, 0.2) is 5.82 Å². The van der Waals surface area contributed by atoms with Gasteiger partial charge in [-0.15, -0.1) is 0 Å². The quantitative estimate of drug-likeness (QED) is 0.231. The van der Waals surface area contributed by atoms with Gasteiger partial charge in [0.05, 0.1) is 39.3 Å². The predicted molar refractivity (Wildman–Crippen MR) is 165 cm³/mol. The molecule has 0 amide bonds. The Hall–Kier alpha value is -5.03. The second-order valence-electron chi connectivity index (χ2n) is 11.4. The molecule has 0 aliphatic carbocycles. The molecule has 0 aliphatic heterocycles. The van der Waals surface area contributed by atoms with Crippen LogP contribution >= 0.6 is 0 Å². The SMILES string of the molecule is CC(C)(C)c1nc(-n2c3ccccc3c3ccccc32)c2cncc(-n3c4ccccc4c4ccccc43)c2n1. The monoisotopic (exact) mass is 517 g/mol. The number of rotatable bonds is 2. The van der Waals surface area contributed by atoms with Gasteiger partial charge in [-0.3, -0.25) is 9.55 Å². The number of hydrogen-bond acceptors (Lipinski definition) is 3. The van der Waals surface area contributed by atoms with Crippen LogP contribution in [0.4, 0.5) is 0 Å². The molecule has 0 saturated carbocycles. The molecule has 0 saturated heterocycles. The molecule has 0 spiro atoms. The van der Waals surface area contributed by atoms with Crippen molar-refractivity contribution in [3.63, 3.8) is 0 Å². The molecule has 0 bridgehead atoms. The van der Waals surface area contributed by atoms with E-state index in [1.165, 1.54) is 21.5 Å². The summed E-state index contributed by atoms with van der Waals surface area (Å²) in [6, 6.07) is 34.2. The number of nitrogens with zero attached hydrogens (tertiary/aromatic N) is 5. The molecule has 192 valence electrons. The van der Waals surface area contributed by atoms with Crippen molar-refractivity contribution in [2.75, 3.05) is 0 Å². The molecule has 0 atom stereocenters. The van der Waals surface area contributed by atoms with Gasteiger partial charge in [-0.05, 0) is 24.3 Å². The Bertz CT molecular complexity index is 2160. The lowest BCUT2D eigenvalue weighted by atomic mass is 9.95. The summed E-state index contributed by atoms with van der Waals surface area (Å²) in [5, 5.41) is 5.74. The van der Waals surface area contributed by atoms with Gasteiger partial charge in [-0.25, -0.2) is 9.97 Å². The van der Waals surface area contributed by atoms with Crippen LogP contribution in [0.1, 0.15) is 26.6 Å². The number of fused-ring (bicyclic) bond motifs is 7. The fourth-order valence-electron chi connectivity index (χ4n) is 6.02. The summed E-state index contributed by atoms with van der Waals surface area (Å²) in [5.74, 6) is 1.65. The highest BCUT2D eigenvalue weighted by Crippen LogP contribution is 2.38. The van der Waals surface area contributed by atoms with E-state index in [9.17, 15) is 0 Å². The topological polar surface area (TPSA) is 48.5 Å². The van der Waals surface area contributed by atoms with Crippen LogP contribution in [0, 0.1) is 0 Å². The van der Waals surface area contributed by atoms with Gasteiger partial charge >= 0.3 is 0 Å². The zero-order valence-corrected chi connectivity index (χ0v) is 22.6. The standard InChI is InChI=1S/C35H27N5/c1-35(2,3)34-37-32-26(33(38-34)40-29-18-10-6-14-24(29)25-15-7-11-19-30(25)40)20-36-21-31(32)39-27-16-8-4-12-22(27)23-13-5-9-17-28(23)39/h4-21H,1-3H3. The van der Waals surface area contributed by atoms with Crippen molar-refractivity contribution in [2.45, 2.75) is 26.2 Å². The summed E-state index contributed by atoms with van der Waals surface area (Å²) in [7, 11) is 0. The van der Waals surface area contributed by atoms with Crippen molar-refractivity contribution in [3.8, 4) is 11.5 Å². The molecule has 0 N–H and O–H groups in total. The molecule has 8 aromatic rings. The molecule has 40 heavy (non-hydrogen) atoms. The third-order valence-electron chi connectivity index (χ3n) is 7.85. The Morgan fingerprint density at radius 1 is 0.500 bits per heavy atom. The van der Waals surface area contributed by atoms with Gasteiger partial charge in [0.1, 0.15) is 11.3 Å². The molecule has 4 aromatic carbocycles. The molecule has 5 heteroatoms. The van der Waals surface area contributed by atoms with Crippen molar-refractivity contribution in [1.29, 1.82) is 0 Å². The van der Waals surface area contributed by atoms with Crippen LogP contribution in [0.25, 0.3) is 66.0 Å². The Balaban J connectivity index is 1.56. The Morgan fingerprint density at radius 2 is 0.950 bits per heavy atom. The van der Waals surface area contributed by atoms with Crippen LogP contribution in [0.15, 0.2) is 109 Å². The van der Waals surface area contributed by atoms with Crippen molar-refractivity contribution < 1.29 is 0 Å². The Morgan fingerprint density at radius 3 is 1.43 bits per heavy atom. The molecule has 0 aliphatic rings. The number of benzene rings is 4. The normalized spacial score (nSPS) is 12.4. The summed E-state index contributed by atoms with van der Waals surface area (Å²) in [4.78, 5) is 15.3. The van der Waals surface area contributed by atoms with Crippen molar-refractivity contribution >= 4 is 54.5 Å². The van der Waals surface area contributed by atoms with Gasteiger partial charge in [-0.1, -0.05) is 93.6 Å². The van der Waals surface area contributed by atoms with Crippen LogP contribution < -0.4 is 0 Å². The minimum absolute atomic E-state index is 0.261. The van der Waals surface area contributed by atoms with E-state index in [1.54, 1.807) is 0 Å². The van der Waals surface area contributed by atoms with Crippen molar-refractivity contribution in [3.05, 3.63) is 115 Å². The molecular formula is C35H27N5. The second kappa shape index (κ2) is 8.23. The number of para-hydroxylation sites is 4. The lowest BCUT2D eigenvalue weighted by molar-refractivity contribution is 0.547.